The SMILES string of the molecule is CCOC(=O)c1cn(Cc2ccc(F)cc2)c2ccc(Br)cc2c1=O. The minimum atomic E-state index is -0.651. The lowest BCUT2D eigenvalue weighted by molar-refractivity contribution is 0.0524. The van der Waals surface area contributed by atoms with Gasteiger partial charge in [-0.25, -0.2) is 9.18 Å². The third-order valence-corrected chi connectivity index (χ3v) is 4.30. The molecule has 0 aliphatic carbocycles. The zero-order valence-corrected chi connectivity index (χ0v) is 15.0. The maximum atomic E-state index is 13.1. The number of ether oxygens (including phenoxy) is 1. The van der Waals surface area contributed by atoms with Crippen LogP contribution >= 0.6 is 15.9 Å². The van der Waals surface area contributed by atoms with E-state index in [1.54, 1.807) is 35.8 Å². The van der Waals surface area contributed by atoms with Crippen LogP contribution in [0, 0.1) is 5.82 Å². The normalized spacial score (nSPS) is 10.8. The molecule has 25 heavy (non-hydrogen) atoms. The van der Waals surface area contributed by atoms with E-state index < -0.39 is 5.97 Å². The molecular formula is C19H15BrFNO3. The van der Waals surface area contributed by atoms with Crippen LogP contribution in [0.5, 0.6) is 0 Å². The lowest BCUT2D eigenvalue weighted by atomic mass is 10.1. The van der Waals surface area contributed by atoms with Gasteiger partial charge in [-0.05, 0) is 42.8 Å². The molecule has 0 N–H and O–H groups in total. The molecule has 0 aliphatic rings. The summed E-state index contributed by atoms with van der Waals surface area (Å²) in [6.07, 6.45) is 1.50. The second-order valence-electron chi connectivity index (χ2n) is 5.51. The van der Waals surface area contributed by atoms with Crippen molar-refractivity contribution in [1.82, 2.24) is 4.57 Å². The molecule has 0 amide bonds. The topological polar surface area (TPSA) is 48.3 Å². The van der Waals surface area contributed by atoms with Crippen LogP contribution in [-0.2, 0) is 11.3 Å². The first-order valence-corrected chi connectivity index (χ1v) is 8.53. The van der Waals surface area contributed by atoms with Gasteiger partial charge >= 0.3 is 5.97 Å². The summed E-state index contributed by atoms with van der Waals surface area (Å²) in [7, 11) is 0. The Morgan fingerprint density at radius 1 is 1.20 bits per heavy atom. The molecule has 6 heteroatoms. The van der Waals surface area contributed by atoms with E-state index in [-0.39, 0.29) is 23.4 Å². The van der Waals surface area contributed by atoms with E-state index in [4.69, 9.17) is 4.74 Å². The number of carbonyl (C=O) groups is 1. The van der Waals surface area contributed by atoms with Gasteiger partial charge in [0.15, 0.2) is 0 Å². The first-order chi connectivity index (χ1) is 12.0. The molecule has 0 atom stereocenters. The predicted molar refractivity (Wildman–Crippen MR) is 97.4 cm³/mol. The van der Waals surface area contributed by atoms with E-state index in [9.17, 15) is 14.0 Å². The number of aromatic nitrogens is 1. The largest absolute Gasteiger partial charge is 0.462 e. The molecular weight excluding hydrogens is 389 g/mol. The number of nitrogens with zero attached hydrogens (tertiary/aromatic N) is 1. The van der Waals surface area contributed by atoms with Crippen LogP contribution in [0.25, 0.3) is 10.9 Å². The molecule has 4 nitrogen and oxygen atoms in total. The van der Waals surface area contributed by atoms with Crippen LogP contribution in [0.15, 0.2) is 57.9 Å². The van der Waals surface area contributed by atoms with E-state index in [1.165, 1.54) is 18.3 Å². The van der Waals surface area contributed by atoms with Gasteiger partial charge < -0.3 is 9.30 Å². The van der Waals surface area contributed by atoms with Crippen LogP contribution in [0.1, 0.15) is 22.8 Å². The van der Waals surface area contributed by atoms with Crippen molar-refractivity contribution in [2.45, 2.75) is 13.5 Å². The van der Waals surface area contributed by atoms with E-state index in [0.717, 1.165) is 10.0 Å². The Balaban J connectivity index is 2.18. The number of hydrogen-bond donors (Lipinski definition) is 0. The number of rotatable bonds is 4. The van der Waals surface area contributed by atoms with Gasteiger partial charge in [0.2, 0.25) is 5.43 Å². The number of carbonyl (C=O) groups excluding carboxylic acids is 1. The summed E-state index contributed by atoms with van der Waals surface area (Å²) in [5, 5.41) is 0.419. The molecule has 0 unspecified atom stereocenters. The summed E-state index contributed by atoms with van der Waals surface area (Å²) in [4.78, 5) is 24.8. The van der Waals surface area contributed by atoms with Gasteiger partial charge in [-0.3, -0.25) is 4.79 Å². The molecule has 0 spiro atoms. The van der Waals surface area contributed by atoms with Crippen molar-refractivity contribution in [2.75, 3.05) is 6.61 Å². The van der Waals surface area contributed by atoms with Crippen molar-refractivity contribution in [3.63, 3.8) is 0 Å². The van der Waals surface area contributed by atoms with Crippen molar-refractivity contribution < 1.29 is 13.9 Å². The quantitative estimate of drug-likeness (QED) is 0.615. The Labute approximate surface area is 152 Å². The van der Waals surface area contributed by atoms with Crippen molar-refractivity contribution in [2.24, 2.45) is 0 Å². The smallest absolute Gasteiger partial charge is 0.343 e. The fraction of sp³-hybridized carbons (Fsp3) is 0.158. The average molecular weight is 404 g/mol. The summed E-state index contributed by atoms with van der Waals surface area (Å²) in [5.41, 5.74) is 1.15. The Kier molecular flexibility index (Phi) is 4.99. The van der Waals surface area contributed by atoms with E-state index >= 15 is 0 Å². The van der Waals surface area contributed by atoms with Gasteiger partial charge in [0.25, 0.3) is 0 Å². The lowest BCUT2D eigenvalue weighted by Gasteiger charge is -2.13. The zero-order valence-electron chi connectivity index (χ0n) is 13.5. The highest BCUT2D eigenvalue weighted by Gasteiger charge is 2.17. The van der Waals surface area contributed by atoms with Gasteiger partial charge in [-0.1, -0.05) is 28.1 Å². The highest BCUT2D eigenvalue weighted by atomic mass is 79.9. The second-order valence-corrected chi connectivity index (χ2v) is 6.42. The van der Waals surface area contributed by atoms with E-state index in [0.29, 0.717) is 17.4 Å². The fourth-order valence-electron chi connectivity index (χ4n) is 2.64. The molecule has 0 radical (unpaired) electrons. The van der Waals surface area contributed by atoms with Crippen LogP contribution in [0.4, 0.5) is 4.39 Å². The number of benzene rings is 2. The van der Waals surface area contributed by atoms with Crippen LogP contribution in [0.2, 0.25) is 0 Å². The monoisotopic (exact) mass is 403 g/mol. The summed E-state index contributed by atoms with van der Waals surface area (Å²) in [5.74, 6) is -0.966. The molecule has 0 saturated carbocycles. The zero-order chi connectivity index (χ0) is 18.0. The molecule has 128 valence electrons. The summed E-state index contributed by atoms with van der Waals surface area (Å²) < 4.78 is 20.6. The lowest BCUT2D eigenvalue weighted by Crippen LogP contribution is -2.21. The third kappa shape index (κ3) is 3.64. The molecule has 3 aromatic rings. The Bertz CT molecular complexity index is 996. The number of esters is 1. The van der Waals surface area contributed by atoms with Gasteiger partial charge in [0.05, 0.1) is 12.1 Å². The van der Waals surface area contributed by atoms with Gasteiger partial charge in [0, 0.05) is 22.6 Å². The Hall–Kier alpha value is -2.47. The fourth-order valence-corrected chi connectivity index (χ4v) is 3.00. The minimum Gasteiger partial charge on any atom is -0.462 e. The highest BCUT2D eigenvalue weighted by Crippen LogP contribution is 2.19. The molecule has 0 saturated heterocycles. The predicted octanol–water partition coefficient (Wildman–Crippen LogP) is 4.13. The van der Waals surface area contributed by atoms with Crippen LogP contribution in [0.3, 0.4) is 0 Å². The molecule has 2 aromatic carbocycles. The van der Waals surface area contributed by atoms with Crippen LogP contribution in [-0.4, -0.2) is 17.1 Å². The molecule has 0 fully saturated rings. The Morgan fingerprint density at radius 3 is 2.60 bits per heavy atom. The third-order valence-electron chi connectivity index (χ3n) is 3.80. The summed E-state index contributed by atoms with van der Waals surface area (Å²) >= 11 is 3.35. The van der Waals surface area contributed by atoms with Crippen molar-refractivity contribution in [1.29, 1.82) is 0 Å². The molecule has 1 aromatic heterocycles. The Morgan fingerprint density at radius 2 is 1.92 bits per heavy atom. The number of hydrogen-bond acceptors (Lipinski definition) is 3. The van der Waals surface area contributed by atoms with Crippen molar-refractivity contribution in [3.05, 3.63) is 80.3 Å². The van der Waals surface area contributed by atoms with Gasteiger partial charge in [0.1, 0.15) is 11.4 Å². The van der Waals surface area contributed by atoms with Gasteiger partial charge in [-0.15, -0.1) is 0 Å². The maximum absolute atomic E-state index is 13.1. The summed E-state index contributed by atoms with van der Waals surface area (Å²) in [6.45, 7) is 2.27. The molecule has 1 heterocycles. The minimum absolute atomic E-state index is 0.0189. The van der Waals surface area contributed by atoms with Crippen molar-refractivity contribution in [3.8, 4) is 0 Å². The average Bonchev–Trinajstić information content (AvgIpc) is 2.59. The molecule has 3 rings (SSSR count). The number of pyridine rings is 1. The summed E-state index contributed by atoms with van der Waals surface area (Å²) in [6, 6.07) is 11.4. The first kappa shape index (κ1) is 17.4. The standard InChI is InChI=1S/C19H15BrFNO3/c1-2-25-19(24)16-11-22(10-12-3-6-14(21)7-4-12)17-8-5-13(20)9-15(17)18(16)23/h3-9,11H,2,10H2,1H3. The molecule has 0 bridgehead atoms. The highest BCUT2D eigenvalue weighted by molar-refractivity contribution is 9.10. The molecule has 0 aliphatic heterocycles. The van der Waals surface area contributed by atoms with Crippen LogP contribution < -0.4 is 5.43 Å². The maximum Gasteiger partial charge on any atom is 0.343 e. The van der Waals surface area contributed by atoms with E-state index in [2.05, 4.69) is 15.9 Å². The van der Waals surface area contributed by atoms with Gasteiger partial charge in [-0.2, -0.15) is 0 Å². The first-order valence-electron chi connectivity index (χ1n) is 7.74. The van der Waals surface area contributed by atoms with Crippen molar-refractivity contribution >= 4 is 32.8 Å². The number of fused-ring (bicyclic) bond motifs is 1. The van der Waals surface area contributed by atoms with E-state index in [1.807, 2.05) is 6.07 Å². The second kappa shape index (κ2) is 7.19. The number of halogens is 2.